The lowest BCUT2D eigenvalue weighted by Gasteiger charge is -2.19. The third kappa shape index (κ3) is 2.31. The molecule has 1 fully saturated rings. The zero-order chi connectivity index (χ0) is 14.9. The Morgan fingerprint density at radius 2 is 1.95 bits per heavy atom. The molecule has 0 aliphatic carbocycles. The SMILES string of the molecule is COc1ccccc1C(=O)C1C(=O)CN(C(C)C)C1=O. The van der Waals surface area contributed by atoms with Crippen molar-refractivity contribution >= 4 is 17.5 Å². The number of hydrogen-bond acceptors (Lipinski definition) is 4. The maximum absolute atomic E-state index is 12.5. The van der Waals surface area contributed by atoms with Gasteiger partial charge < -0.3 is 9.64 Å². The number of nitrogens with zero attached hydrogens (tertiary/aromatic N) is 1. The van der Waals surface area contributed by atoms with Crippen LogP contribution in [-0.2, 0) is 9.59 Å². The molecule has 1 aliphatic heterocycles. The number of likely N-dealkylation sites (tertiary alicyclic amines) is 1. The van der Waals surface area contributed by atoms with E-state index in [-0.39, 0.29) is 23.9 Å². The summed E-state index contributed by atoms with van der Waals surface area (Å²) >= 11 is 0. The van der Waals surface area contributed by atoms with Gasteiger partial charge in [0.15, 0.2) is 17.5 Å². The summed E-state index contributed by atoms with van der Waals surface area (Å²) in [5.74, 6) is -2.10. The minimum Gasteiger partial charge on any atom is -0.496 e. The molecule has 20 heavy (non-hydrogen) atoms. The first-order chi connectivity index (χ1) is 9.47. The van der Waals surface area contributed by atoms with Gasteiger partial charge in [0.25, 0.3) is 0 Å². The van der Waals surface area contributed by atoms with E-state index in [0.717, 1.165) is 0 Å². The Balaban J connectivity index is 2.34. The molecule has 1 saturated heterocycles. The second-order valence-corrected chi connectivity index (χ2v) is 5.02. The van der Waals surface area contributed by atoms with Crippen LogP contribution in [0.3, 0.4) is 0 Å². The molecule has 1 amide bonds. The van der Waals surface area contributed by atoms with Gasteiger partial charge in [-0.2, -0.15) is 0 Å². The van der Waals surface area contributed by atoms with Gasteiger partial charge in [0.1, 0.15) is 5.75 Å². The quantitative estimate of drug-likeness (QED) is 0.614. The van der Waals surface area contributed by atoms with E-state index in [2.05, 4.69) is 0 Å². The molecular formula is C15H17NO4. The maximum atomic E-state index is 12.5. The van der Waals surface area contributed by atoms with Crippen molar-refractivity contribution in [3.63, 3.8) is 0 Å². The van der Waals surface area contributed by atoms with Crippen molar-refractivity contribution in [1.29, 1.82) is 0 Å². The van der Waals surface area contributed by atoms with Gasteiger partial charge in [-0.25, -0.2) is 0 Å². The van der Waals surface area contributed by atoms with Crippen molar-refractivity contribution in [2.24, 2.45) is 5.92 Å². The van der Waals surface area contributed by atoms with Gasteiger partial charge in [-0.1, -0.05) is 12.1 Å². The predicted octanol–water partition coefficient (Wildman–Crippen LogP) is 1.31. The molecule has 0 bridgehead atoms. The zero-order valence-corrected chi connectivity index (χ0v) is 11.8. The highest BCUT2D eigenvalue weighted by Crippen LogP contribution is 2.26. The maximum Gasteiger partial charge on any atom is 0.241 e. The molecule has 1 aromatic carbocycles. The number of hydrogen-bond donors (Lipinski definition) is 0. The van der Waals surface area contributed by atoms with E-state index < -0.39 is 17.6 Å². The molecule has 5 nitrogen and oxygen atoms in total. The van der Waals surface area contributed by atoms with E-state index in [1.165, 1.54) is 12.0 Å². The lowest BCUT2D eigenvalue weighted by Crippen LogP contribution is -2.35. The van der Waals surface area contributed by atoms with Crippen molar-refractivity contribution in [2.45, 2.75) is 19.9 Å². The van der Waals surface area contributed by atoms with Gasteiger partial charge in [0, 0.05) is 6.04 Å². The van der Waals surface area contributed by atoms with Crippen LogP contribution in [0.5, 0.6) is 5.75 Å². The topological polar surface area (TPSA) is 63.7 Å². The molecule has 1 aliphatic rings. The van der Waals surface area contributed by atoms with Crippen molar-refractivity contribution in [2.75, 3.05) is 13.7 Å². The molecule has 1 aromatic rings. The van der Waals surface area contributed by atoms with Crippen LogP contribution < -0.4 is 4.74 Å². The van der Waals surface area contributed by atoms with Crippen LogP contribution >= 0.6 is 0 Å². The number of carbonyl (C=O) groups excluding carboxylic acids is 3. The minimum absolute atomic E-state index is 0.00204. The number of para-hydroxylation sites is 1. The Bertz CT molecular complexity index is 565. The lowest BCUT2D eigenvalue weighted by molar-refractivity contribution is -0.131. The number of ether oxygens (including phenoxy) is 1. The van der Waals surface area contributed by atoms with Crippen LogP contribution in [0.15, 0.2) is 24.3 Å². The van der Waals surface area contributed by atoms with Gasteiger partial charge in [-0.3, -0.25) is 14.4 Å². The monoisotopic (exact) mass is 275 g/mol. The number of Topliss-reactive ketones (excluding diaryl/α,β-unsaturated/α-hetero) is 2. The fraction of sp³-hybridized carbons (Fsp3) is 0.400. The van der Waals surface area contributed by atoms with Crippen LogP contribution in [-0.4, -0.2) is 42.1 Å². The molecule has 0 N–H and O–H groups in total. The Labute approximate surface area is 117 Å². The molecular weight excluding hydrogens is 258 g/mol. The van der Waals surface area contributed by atoms with Crippen LogP contribution in [0, 0.1) is 5.92 Å². The summed E-state index contributed by atoms with van der Waals surface area (Å²) in [5, 5.41) is 0. The molecule has 5 heteroatoms. The Morgan fingerprint density at radius 1 is 1.30 bits per heavy atom. The average Bonchev–Trinajstić information content (AvgIpc) is 2.73. The standard InChI is InChI=1S/C15H17NO4/c1-9(2)16-8-11(17)13(15(16)19)14(18)10-6-4-5-7-12(10)20-3/h4-7,9,13H,8H2,1-3H3. The Morgan fingerprint density at radius 3 is 2.50 bits per heavy atom. The second kappa shape index (κ2) is 5.45. The van der Waals surface area contributed by atoms with Gasteiger partial charge in [0.05, 0.1) is 19.2 Å². The number of methoxy groups -OCH3 is 1. The summed E-state index contributed by atoms with van der Waals surface area (Å²) < 4.78 is 5.11. The highest BCUT2D eigenvalue weighted by molar-refractivity contribution is 6.27. The molecule has 1 heterocycles. The summed E-state index contributed by atoms with van der Waals surface area (Å²) in [6.45, 7) is 3.64. The highest BCUT2D eigenvalue weighted by Gasteiger charge is 2.45. The molecule has 1 unspecified atom stereocenters. The molecule has 106 valence electrons. The van der Waals surface area contributed by atoms with Gasteiger partial charge in [-0.05, 0) is 26.0 Å². The van der Waals surface area contributed by atoms with E-state index in [9.17, 15) is 14.4 Å². The molecule has 0 saturated carbocycles. The number of rotatable bonds is 4. The summed E-state index contributed by atoms with van der Waals surface area (Å²) in [4.78, 5) is 38.1. The summed E-state index contributed by atoms with van der Waals surface area (Å²) in [5.41, 5.74) is 0.271. The fourth-order valence-electron chi connectivity index (χ4n) is 2.34. The molecule has 2 rings (SSSR count). The minimum atomic E-state index is -1.23. The molecule has 1 atom stereocenters. The number of ketones is 2. The zero-order valence-electron chi connectivity index (χ0n) is 11.8. The van der Waals surface area contributed by atoms with Crippen LogP contribution in [0.25, 0.3) is 0 Å². The largest absolute Gasteiger partial charge is 0.496 e. The van der Waals surface area contributed by atoms with Crippen molar-refractivity contribution in [3.05, 3.63) is 29.8 Å². The van der Waals surface area contributed by atoms with E-state index in [0.29, 0.717) is 5.75 Å². The first kappa shape index (κ1) is 14.2. The van der Waals surface area contributed by atoms with Crippen LogP contribution in [0.4, 0.5) is 0 Å². The first-order valence-electron chi connectivity index (χ1n) is 6.47. The molecule has 0 radical (unpaired) electrons. The van der Waals surface area contributed by atoms with Gasteiger partial charge in [0.2, 0.25) is 5.91 Å². The summed E-state index contributed by atoms with van der Waals surface area (Å²) in [6.07, 6.45) is 0. The highest BCUT2D eigenvalue weighted by atomic mass is 16.5. The Hall–Kier alpha value is -2.17. The van der Waals surface area contributed by atoms with E-state index >= 15 is 0 Å². The fourth-order valence-corrected chi connectivity index (χ4v) is 2.34. The van der Waals surface area contributed by atoms with Crippen molar-refractivity contribution in [3.8, 4) is 5.75 Å². The summed E-state index contributed by atoms with van der Waals surface area (Å²) in [7, 11) is 1.45. The van der Waals surface area contributed by atoms with Gasteiger partial charge in [-0.15, -0.1) is 0 Å². The second-order valence-electron chi connectivity index (χ2n) is 5.02. The first-order valence-corrected chi connectivity index (χ1v) is 6.47. The van der Waals surface area contributed by atoms with Gasteiger partial charge >= 0.3 is 0 Å². The normalized spacial score (nSPS) is 18.8. The van der Waals surface area contributed by atoms with E-state index in [1.54, 1.807) is 24.3 Å². The molecule has 0 spiro atoms. The van der Waals surface area contributed by atoms with Crippen molar-refractivity contribution < 1.29 is 19.1 Å². The smallest absolute Gasteiger partial charge is 0.241 e. The third-order valence-corrected chi connectivity index (χ3v) is 3.44. The predicted molar refractivity (Wildman–Crippen MR) is 72.7 cm³/mol. The summed E-state index contributed by atoms with van der Waals surface area (Å²) in [6, 6.07) is 6.52. The Kier molecular flexibility index (Phi) is 3.88. The van der Waals surface area contributed by atoms with Crippen LogP contribution in [0.1, 0.15) is 24.2 Å². The van der Waals surface area contributed by atoms with Crippen LogP contribution in [0.2, 0.25) is 0 Å². The molecule has 0 aromatic heterocycles. The number of amides is 1. The number of benzene rings is 1. The lowest BCUT2D eigenvalue weighted by atomic mass is 9.95. The third-order valence-electron chi connectivity index (χ3n) is 3.44. The number of carbonyl (C=O) groups is 3. The van der Waals surface area contributed by atoms with E-state index in [1.807, 2.05) is 13.8 Å². The van der Waals surface area contributed by atoms with Crippen molar-refractivity contribution in [1.82, 2.24) is 4.90 Å². The average molecular weight is 275 g/mol. The van der Waals surface area contributed by atoms with E-state index in [4.69, 9.17) is 4.74 Å².